The van der Waals surface area contributed by atoms with Crippen LogP contribution in [0.2, 0.25) is 5.02 Å². The van der Waals surface area contributed by atoms with Gasteiger partial charge in [-0.05, 0) is 35.0 Å². The van der Waals surface area contributed by atoms with Gasteiger partial charge in [0.2, 0.25) is 21.8 Å². The quantitative estimate of drug-likeness (QED) is 0.352. The Morgan fingerprint density at radius 3 is 2.62 bits per heavy atom. The highest BCUT2D eigenvalue weighted by Gasteiger charge is 2.34. The van der Waals surface area contributed by atoms with Crippen LogP contribution in [-0.4, -0.2) is 24.5 Å². The van der Waals surface area contributed by atoms with Gasteiger partial charge in [0.15, 0.2) is 0 Å². The third-order valence-corrected chi connectivity index (χ3v) is 7.11. The molecule has 3 aromatic carbocycles. The lowest BCUT2D eigenvalue weighted by atomic mass is 9.89. The number of fused-ring (bicyclic) bond motifs is 1. The molecule has 0 aliphatic carbocycles. The molecule has 4 rings (SSSR count). The summed E-state index contributed by atoms with van der Waals surface area (Å²) in [6.45, 7) is 1.56. The number of nitrogens with zero attached hydrogens (tertiary/aromatic N) is 1. The minimum atomic E-state index is -4.46. The smallest absolute Gasteiger partial charge is 0.391 e. The van der Waals surface area contributed by atoms with Gasteiger partial charge in [0.25, 0.3) is 0 Å². The third-order valence-electron chi connectivity index (χ3n) is 5.37. The van der Waals surface area contributed by atoms with Gasteiger partial charge in [0, 0.05) is 16.5 Å². The van der Waals surface area contributed by atoms with Gasteiger partial charge in [-0.25, -0.2) is 22.7 Å². The summed E-state index contributed by atoms with van der Waals surface area (Å²) in [7, 11) is -4.46. The fraction of sp³-hybridized carbons (Fsp3) is 0.136. The number of hydrogen-bond acceptors (Lipinski definition) is 6. The Bertz CT molecular complexity index is 1570. The number of aromatic nitrogens is 2. The van der Waals surface area contributed by atoms with Gasteiger partial charge in [-0.3, -0.25) is 4.79 Å². The average Bonchev–Trinajstić information content (AvgIpc) is 3.22. The van der Waals surface area contributed by atoms with Crippen molar-refractivity contribution in [2.24, 2.45) is 5.73 Å². The minimum absolute atomic E-state index is 0.105. The van der Waals surface area contributed by atoms with E-state index in [4.69, 9.17) is 21.8 Å². The SMILES string of the molecule is CC(c1c(F)ccc2ccccc12)[C@H](NS(=O)(=O)c1ccc(Cl)cc1C(N)=O)c1n[nH]c(=O)o1. The van der Waals surface area contributed by atoms with Crippen molar-refractivity contribution in [3.63, 3.8) is 0 Å². The Balaban J connectivity index is 1.86. The molecule has 1 unspecified atom stereocenters. The molecule has 0 saturated heterocycles. The van der Waals surface area contributed by atoms with Crippen molar-refractivity contribution in [1.82, 2.24) is 14.9 Å². The highest BCUT2D eigenvalue weighted by atomic mass is 35.5. The van der Waals surface area contributed by atoms with Crippen molar-refractivity contribution in [3.8, 4) is 0 Å². The highest BCUT2D eigenvalue weighted by Crippen LogP contribution is 2.37. The van der Waals surface area contributed by atoms with E-state index in [0.717, 1.165) is 17.5 Å². The van der Waals surface area contributed by atoms with Crippen molar-refractivity contribution < 1.29 is 22.0 Å². The van der Waals surface area contributed by atoms with Gasteiger partial charge < -0.3 is 10.2 Å². The number of carbonyl (C=O) groups excluding carboxylic acids is 1. The average molecular weight is 505 g/mol. The van der Waals surface area contributed by atoms with Crippen LogP contribution in [-0.2, 0) is 10.0 Å². The van der Waals surface area contributed by atoms with E-state index < -0.39 is 44.4 Å². The van der Waals surface area contributed by atoms with E-state index in [1.807, 2.05) is 0 Å². The summed E-state index contributed by atoms with van der Waals surface area (Å²) in [6.07, 6.45) is 0. The van der Waals surface area contributed by atoms with Gasteiger partial charge >= 0.3 is 5.76 Å². The van der Waals surface area contributed by atoms with E-state index in [1.165, 1.54) is 12.1 Å². The molecule has 12 heteroatoms. The molecule has 9 nitrogen and oxygen atoms in total. The maximum Gasteiger partial charge on any atom is 0.434 e. The zero-order valence-corrected chi connectivity index (χ0v) is 19.2. The largest absolute Gasteiger partial charge is 0.434 e. The Morgan fingerprint density at radius 2 is 1.94 bits per heavy atom. The number of amides is 1. The number of carbonyl (C=O) groups is 1. The lowest BCUT2D eigenvalue weighted by Crippen LogP contribution is -2.34. The molecule has 0 fully saturated rings. The summed E-state index contributed by atoms with van der Waals surface area (Å²) in [6, 6.07) is 12.0. The molecule has 1 heterocycles. The van der Waals surface area contributed by atoms with E-state index in [2.05, 4.69) is 14.9 Å². The van der Waals surface area contributed by atoms with Crippen molar-refractivity contribution in [3.05, 3.63) is 93.0 Å². The van der Waals surface area contributed by atoms with Crippen molar-refractivity contribution in [2.45, 2.75) is 23.8 Å². The second kappa shape index (κ2) is 9.01. The first-order valence-electron chi connectivity index (χ1n) is 9.92. The fourth-order valence-corrected chi connectivity index (χ4v) is 5.43. The summed E-state index contributed by atoms with van der Waals surface area (Å²) in [5.74, 6) is -3.75. The van der Waals surface area contributed by atoms with Crippen LogP contribution in [0.5, 0.6) is 0 Å². The number of hydrogen-bond donors (Lipinski definition) is 3. The van der Waals surface area contributed by atoms with Gasteiger partial charge in [0.1, 0.15) is 11.9 Å². The van der Waals surface area contributed by atoms with Crippen LogP contribution in [0.1, 0.15) is 40.7 Å². The number of benzene rings is 3. The second-order valence-corrected chi connectivity index (χ2v) is 9.64. The van der Waals surface area contributed by atoms with Gasteiger partial charge in [-0.1, -0.05) is 48.9 Å². The molecular weight excluding hydrogens is 487 g/mol. The molecule has 176 valence electrons. The van der Waals surface area contributed by atoms with Gasteiger partial charge in [-0.15, -0.1) is 5.10 Å². The molecule has 0 radical (unpaired) electrons. The molecule has 34 heavy (non-hydrogen) atoms. The van der Waals surface area contributed by atoms with Crippen LogP contribution >= 0.6 is 11.6 Å². The molecule has 0 spiro atoms. The van der Waals surface area contributed by atoms with Gasteiger partial charge in [0.05, 0.1) is 10.5 Å². The lowest BCUT2D eigenvalue weighted by molar-refractivity contribution is 0.0997. The third kappa shape index (κ3) is 4.45. The number of nitrogens with one attached hydrogen (secondary N) is 2. The topological polar surface area (TPSA) is 148 Å². The van der Waals surface area contributed by atoms with E-state index in [9.17, 15) is 18.0 Å². The number of H-pyrrole nitrogens is 1. The van der Waals surface area contributed by atoms with Gasteiger partial charge in [-0.2, -0.15) is 4.72 Å². The zero-order chi connectivity index (χ0) is 24.6. The van der Waals surface area contributed by atoms with Crippen molar-refractivity contribution >= 4 is 38.3 Å². The Labute approximate surface area is 197 Å². The van der Waals surface area contributed by atoms with Crippen LogP contribution in [0.15, 0.2) is 68.7 Å². The molecule has 1 aromatic heterocycles. The summed E-state index contributed by atoms with van der Waals surface area (Å²) >= 11 is 5.89. The number of nitrogens with two attached hydrogens (primary N) is 1. The molecule has 2 atom stereocenters. The Morgan fingerprint density at radius 1 is 1.21 bits per heavy atom. The van der Waals surface area contributed by atoms with Crippen LogP contribution in [0.4, 0.5) is 4.39 Å². The summed E-state index contributed by atoms with van der Waals surface area (Å²) in [5, 5.41) is 7.21. The summed E-state index contributed by atoms with van der Waals surface area (Å²) < 4.78 is 49.1. The van der Waals surface area contributed by atoms with E-state index in [1.54, 1.807) is 37.3 Å². The fourth-order valence-electron chi connectivity index (χ4n) is 3.80. The standard InChI is InChI=1S/C22H18ClFN4O5S/c1-11(18-14-5-3-2-4-12(14)6-8-16(18)24)19(21-26-27-22(30)33-21)28-34(31,32)17-9-7-13(23)10-15(17)20(25)29/h2-11,19,28H,1H3,(H2,25,29)(H,27,30)/t11?,19-/m0/s1. The molecule has 0 aliphatic heterocycles. The predicted molar refractivity (Wildman–Crippen MR) is 122 cm³/mol. The first-order chi connectivity index (χ1) is 16.1. The summed E-state index contributed by atoms with van der Waals surface area (Å²) in [5.41, 5.74) is 5.18. The van der Waals surface area contributed by atoms with Crippen LogP contribution in [0, 0.1) is 5.82 Å². The monoisotopic (exact) mass is 504 g/mol. The lowest BCUT2D eigenvalue weighted by Gasteiger charge is -2.24. The molecule has 4 N–H and O–H groups in total. The van der Waals surface area contributed by atoms with Crippen molar-refractivity contribution in [2.75, 3.05) is 0 Å². The molecular formula is C22H18ClFN4O5S. The number of rotatable bonds is 7. The van der Waals surface area contributed by atoms with Crippen LogP contribution in [0.25, 0.3) is 10.8 Å². The first-order valence-corrected chi connectivity index (χ1v) is 11.8. The number of aromatic amines is 1. The molecule has 0 saturated carbocycles. The Hall–Kier alpha value is -3.54. The number of halogens is 2. The van der Waals surface area contributed by atoms with Crippen LogP contribution in [0.3, 0.4) is 0 Å². The second-order valence-electron chi connectivity index (χ2n) is 7.53. The minimum Gasteiger partial charge on any atom is -0.391 e. The van der Waals surface area contributed by atoms with Crippen molar-refractivity contribution in [1.29, 1.82) is 0 Å². The first kappa shape index (κ1) is 23.6. The molecule has 0 aliphatic rings. The normalized spacial score (nSPS) is 13.6. The maximum atomic E-state index is 15.0. The van der Waals surface area contributed by atoms with E-state index in [-0.39, 0.29) is 22.0 Å². The zero-order valence-electron chi connectivity index (χ0n) is 17.6. The van der Waals surface area contributed by atoms with E-state index in [0.29, 0.717) is 5.39 Å². The maximum absolute atomic E-state index is 15.0. The molecule has 1 amide bonds. The molecule has 0 bridgehead atoms. The van der Waals surface area contributed by atoms with Crippen LogP contribution < -0.4 is 16.2 Å². The Kier molecular flexibility index (Phi) is 6.26. The summed E-state index contributed by atoms with van der Waals surface area (Å²) in [4.78, 5) is 23.1. The number of primary amides is 1. The molecule has 4 aromatic rings. The number of sulfonamides is 1. The highest BCUT2D eigenvalue weighted by molar-refractivity contribution is 7.89. The van der Waals surface area contributed by atoms with E-state index >= 15 is 4.39 Å². The predicted octanol–water partition coefficient (Wildman–Crippen LogP) is 3.23.